The van der Waals surface area contributed by atoms with Crippen LogP contribution in [-0.4, -0.2) is 76.8 Å². The van der Waals surface area contributed by atoms with Gasteiger partial charge in [-0.25, -0.2) is 9.78 Å². The zero-order valence-electron chi connectivity index (χ0n) is 18.9. The Morgan fingerprint density at radius 3 is 2.72 bits per heavy atom. The quantitative estimate of drug-likeness (QED) is 0.581. The maximum absolute atomic E-state index is 12.4. The van der Waals surface area contributed by atoms with Crippen LogP contribution in [0.15, 0.2) is 23.7 Å². The topological polar surface area (TPSA) is 75.0 Å². The number of ether oxygens (including phenoxy) is 1. The van der Waals surface area contributed by atoms with E-state index in [2.05, 4.69) is 38.6 Å². The van der Waals surface area contributed by atoms with E-state index in [0.717, 1.165) is 31.9 Å². The third-order valence-electron chi connectivity index (χ3n) is 5.15. The second-order valence-corrected chi connectivity index (χ2v) is 8.73. The van der Waals surface area contributed by atoms with Crippen LogP contribution in [0.3, 0.4) is 0 Å². The molecule has 2 unspecified atom stereocenters. The van der Waals surface area contributed by atoms with Gasteiger partial charge in [-0.15, -0.1) is 0 Å². The Morgan fingerprint density at radius 2 is 2.14 bits per heavy atom. The van der Waals surface area contributed by atoms with Crippen molar-refractivity contribution in [2.75, 3.05) is 39.8 Å². The third-order valence-corrected chi connectivity index (χ3v) is 5.15. The van der Waals surface area contributed by atoms with E-state index < -0.39 is 5.60 Å². The van der Waals surface area contributed by atoms with Gasteiger partial charge in [0.05, 0.1) is 12.4 Å². The van der Waals surface area contributed by atoms with Crippen LogP contribution in [0.5, 0.6) is 0 Å². The van der Waals surface area contributed by atoms with Crippen molar-refractivity contribution in [3.63, 3.8) is 0 Å². The van der Waals surface area contributed by atoms with E-state index in [4.69, 9.17) is 4.74 Å². The van der Waals surface area contributed by atoms with Gasteiger partial charge in [0, 0.05) is 52.2 Å². The number of likely N-dealkylation sites (tertiary alicyclic amines) is 1. The zero-order chi connectivity index (χ0) is 21.4. The molecule has 1 amide bonds. The predicted molar refractivity (Wildman–Crippen MR) is 116 cm³/mol. The van der Waals surface area contributed by atoms with Crippen LogP contribution in [0.1, 0.15) is 53.5 Å². The molecule has 0 aliphatic carbocycles. The van der Waals surface area contributed by atoms with Crippen molar-refractivity contribution in [1.29, 1.82) is 0 Å². The SMILES string of the molecule is CCCN(CCNC(=NC)N1CCC(C)C(n2ccnc2)C1)C(=O)OC(C)(C)C. The number of hydrogen-bond acceptors (Lipinski definition) is 4. The number of nitrogens with zero attached hydrogens (tertiary/aromatic N) is 5. The first-order valence-electron chi connectivity index (χ1n) is 10.7. The number of hydrogen-bond donors (Lipinski definition) is 1. The van der Waals surface area contributed by atoms with E-state index in [9.17, 15) is 4.79 Å². The molecule has 1 saturated heterocycles. The fraction of sp³-hybridized carbons (Fsp3) is 0.762. The summed E-state index contributed by atoms with van der Waals surface area (Å²) in [7, 11) is 1.81. The molecule has 8 heteroatoms. The highest BCUT2D eigenvalue weighted by atomic mass is 16.6. The highest BCUT2D eigenvalue weighted by Crippen LogP contribution is 2.27. The van der Waals surface area contributed by atoms with E-state index in [1.807, 2.05) is 46.5 Å². The van der Waals surface area contributed by atoms with Crippen molar-refractivity contribution in [3.8, 4) is 0 Å². The molecule has 2 atom stereocenters. The number of aromatic nitrogens is 2. The van der Waals surface area contributed by atoms with Crippen LogP contribution in [0, 0.1) is 5.92 Å². The molecule has 1 aromatic heterocycles. The zero-order valence-corrected chi connectivity index (χ0v) is 18.9. The molecule has 29 heavy (non-hydrogen) atoms. The van der Waals surface area contributed by atoms with E-state index in [1.54, 1.807) is 4.90 Å². The Labute approximate surface area is 175 Å². The van der Waals surface area contributed by atoms with Crippen LogP contribution in [0.4, 0.5) is 4.79 Å². The Morgan fingerprint density at radius 1 is 1.38 bits per heavy atom. The number of rotatable bonds is 6. The molecule has 1 aliphatic heterocycles. The maximum Gasteiger partial charge on any atom is 0.410 e. The summed E-state index contributed by atoms with van der Waals surface area (Å²) < 4.78 is 7.72. The first-order valence-corrected chi connectivity index (χ1v) is 10.7. The second-order valence-electron chi connectivity index (χ2n) is 8.73. The van der Waals surface area contributed by atoms with Crippen molar-refractivity contribution in [2.45, 2.75) is 59.1 Å². The summed E-state index contributed by atoms with van der Waals surface area (Å²) in [5.41, 5.74) is -0.487. The fourth-order valence-corrected chi connectivity index (χ4v) is 3.62. The Kier molecular flexibility index (Phi) is 8.34. The normalized spacial score (nSPS) is 20.5. The summed E-state index contributed by atoms with van der Waals surface area (Å²) in [6, 6.07) is 0.378. The van der Waals surface area contributed by atoms with Gasteiger partial charge >= 0.3 is 6.09 Å². The number of guanidine groups is 1. The lowest BCUT2D eigenvalue weighted by molar-refractivity contribution is 0.0253. The van der Waals surface area contributed by atoms with E-state index in [-0.39, 0.29) is 6.09 Å². The number of carbonyl (C=O) groups excluding carboxylic acids is 1. The van der Waals surface area contributed by atoms with Crippen molar-refractivity contribution >= 4 is 12.1 Å². The summed E-state index contributed by atoms with van der Waals surface area (Å²) >= 11 is 0. The molecule has 0 bridgehead atoms. The first kappa shape index (κ1) is 23.0. The van der Waals surface area contributed by atoms with Crippen LogP contribution < -0.4 is 5.32 Å². The van der Waals surface area contributed by atoms with Gasteiger partial charge in [-0.05, 0) is 39.5 Å². The minimum absolute atomic E-state index is 0.261. The van der Waals surface area contributed by atoms with Crippen LogP contribution in [-0.2, 0) is 4.74 Å². The van der Waals surface area contributed by atoms with Gasteiger partial charge in [0.25, 0.3) is 0 Å². The van der Waals surface area contributed by atoms with Gasteiger partial charge in [-0.2, -0.15) is 0 Å². The molecule has 8 nitrogen and oxygen atoms in total. The highest BCUT2D eigenvalue weighted by molar-refractivity contribution is 5.80. The second kappa shape index (κ2) is 10.5. The van der Waals surface area contributed by atoms with Crippen molar-refractivity contribution in [1.82, 2.24) is 24.7 Å². The van der Waals surface area contributed by atoms with E-state index in [0.29, 0.717) is 31.6 Å². The molecule has 1 aromatic rings. The predicted octanol–water partition coefficient (Wildman–Crippen LogP) is 2.99. The molecular weight excluding hydrogens is 368 g/mol. The number of amides is 1. The number of carbonyl (C=O) groups is 1. The first-order chi connectivity index (χ1) is 13.7. The minimum Gasteiger partial charge on any atom is -0.444 e. The van der Waals surface area contributed by atoms with E-state index >= 15 is 0 Å². The summed E-state index contributed by atoms with van der Waals surface area (Å²) in [6.45, 7) is 13.8. The standard InChI is InChI=1S/C21H38N6O2/c1-7-11-25(20(28)29-21(3,4)5)14-10-24-19(22-6)26-12-8-17(2)18(15-26)27-13-9-23-16-27/h9,13,16-18H,7-8,10-12,14-15H2,1-6H3,(H,22,24). The molecule has 2 heterocycles. The lowest BCUT2D eigenvalue weighted by Crippen LogP contribution is -2.50. The fourth-order valence-electron chi connectivity index (χ4n) is 3.62. The monoisotopic (exact) mass is 406 g/mol. The van der Waals surface area contributed by atoms with Gasteiger partial charge in [0.2, 0.25) is 0 Å². The number of aliphatic imine (C=N–C) groups is 1. The molecule has 0 spiro atoms. The lowest BCUT2D eigenvalue weighted by atomic mass is 9.93. The molecule has 1 fully saturated rings. The van der Waals surface area contributed by atoms with Crippen molar-refractivity contribution in [2.24, 2.45) is 10.9 Å². The molecular formula is C21H38N6O2. The molecule has 0 radical (unpaired) electrons. The average molecular weight is 407 g/mol. The molecule has 164 valence electrons. The summed E-state index contributed by atoms with van der Waals surface area (Å²) in [5, 5.41) is 3.43. The summed E-state index contributed by atoms with van der Waals surface area (Å²) in [5.74, 6) is 1.47. The van der Waals surface area contributed by atoms with Gasteiger partial charge in [0.1, 0.15) is 5.60 Å². The van der Waals surface area contributed by atoms with Crippen LogP contribution in [0.25, 0.3) is 0 Å². The lowest BCUT2D eigenvalue weighted by Gasteiger charge is -2.39. The maximum atomic E-state index is 12.4. The molecule has 1 aliphatic rings. The van der Waals surface area contributed by atoms with Crippen molar-refractivity contribution < 1.29 is 9.53 Å². The van der Waals surface area contributed by atoms with Gasteiger partial charge in [-0.3, -0.25) is 4.99 Å². The number of imidazole rings is 1. The van der Waals surface area contributed by atoms with Gasteiger partial charge < -0.3 is 24.4 Å². The Balaban J connectivity index is 1.91. The highest BCUT2D eigenvalue weighted by Gasteiger charge is 2.29. The van der Waals surface area contributed by atoms with Crippen LogP contribution >= 0.6 is 0 Å². The third kappa shape index (κ3) is 6.94. The summed E-state index contributed by atoms with van der Waals surface area (Å²) in [6.07, 6.45) is 7.49. The van der Waals surface area contributed by atoms with Crippen LogP contribution in [0.2, 0.25) is 0 Å². The minimum atomic E-state index is -0.487. The molecule has 0 saturated carbocycles. The van der Waals surface area contributed by atoms with E-state index in [1.165, 1.54) is 0 Å². The average Bonchev–Trinajstić information content (AvgIpc) is 3.18. The smallest absolute Gasteiger partial charge is 0.410 e. The van der Waals surface area contributed by atoms with Crippen molar-refractivity contribution in [3.05, 3.63) is 18.7 Å². The Hall–Kier alpha value is -2.25. The largest absolute Gasteiger partial charge is 0.444 e. The summed E-state index contributed by atoms with van der Waals surface area (Å²) in [4.78, 5) is 25.2. The van der Waals surface area contributed by atoms with Gasteiger partial charge in [-0.1, -0.05) is 13.8 Å². The number of piperidine rings is 1. The van der Waals surface area contributed by atoms with Gasteiger partial charge in [0.15, 0.2) is 5.96 Å². The molecule has 1 N–H and O–H groups in total. The Bertz CT molecular complexity index is 653. The molecule has 2 rings (SSSR count). The molecule has 0 aromatic carbocycles. The number of nitrogens with one attached hydrogen (secondary N) is 1.